The molecule has 24 atom stereocenters. The highest BCUT2D eigenvalue weighted by Crippen LogP contribution is 2.36. The molecule has 4 fully saturated rings. The minimum Gasteiger partial charge on any atom is -0.479 e. The molecule has 59 heavy (non-hydrogen) atoms. The van der Waals surface area contributed by atoms with Crippen molar-refractivity contribution in [3.63, 3.8) is 0 Å². The van der Waals surface area contributed by atoms with Gasteiger partial charge in [0.2, 0.25) is 5.91 Å². The lowest BCUT2D eigenvalue weighted by atomic mass is 9.95. The minimum absolute atomic E-state index is 0.790. The summed E-state index contributed by atoms with van der Waals surface area (Å²) >= 11 is 0. The van der Waals surface area contributed by atoms with Gasteiger partial charge in [0.1, 0.15) is 104 Å². The van der Waals surface area contributed by atoms with Crippen LogP contribution in [0.2, 0.25) is 0 Å². The van der Waals surface area contributed by atoms with Gasteiger partial charge in [0.05, 0.1) is 38.6 Å². The zero-order valence-electron chi connectivity index (χ0n) is 31.4. The number of carboxylic acids is 1. The minimum atomic E-state index is -2.29. The van der Waals surface area contributed by atoms with Crippen molar-refractivity contribution in [2.24, 2.45) is 0 Å². The van der Waals surface area contributed by atoms with E-state index < -0.39 is 185 Å². The summed E-state index contributed by atoms with van der Waals surface area (Å²) in [5.74, 6) is -2.59. The third-order valence-electron chi connectivity index (χ3n) is 10.3. The summed E-state index contributed by atoms with van der Waals surface area (Å²) in [5, 5.41) is 170. The summed E-state index contributed by atoms with van der Waals surface area (Å²) in [6, 6.07) is -1.61. The monoisotopic (exact) mass is 869 g/mol. The zero-order chi connectivity index (χ0) is 44.2. The summed E-state index contributed by atoms with van der Waals surface area (Å²) in [5.41, 5.74) is 0. The first-order valence-corrected chi connectivity index (χ1v) is 18.4. The summed E-state index contributed by atoms with van der Waals surface area (Å²) in [7, 11) is 0. The second-order valence-electron chi connectivity index (χ2n) is 14.5. The van der Waals surface area contributed by atoms with Crippen molar-refractivity contribution in [3.8, 4) is 0 Å². The summed E-state index contributed by atoms with van der Waals surface area (Å²) in [4.78, 5) is 23.7. The Morgan fingerprint density at radius 3 is 1.61 bits per heavy atom. The fourth-order valence-corrected chi connectivity index (χ4v) is 6.92. The molecule has 17 N–H and O–H groups in total. The Kier molecular flexibility index (Phi) is 18.0. The largest absolute Gasteiger partial charge is 0.479 e. The number of ether oxygens (including phenoxy) is 8. The van der Waals surface area contributed by atoms with Crippen molar-refractivity contribution < 1.29 is 129 Å². The highest BCUT2D eigenvalue weighted by Gasteiger charge is 2.57. The molecule has 4 aliphatic rings. The van der Waals surface area contributed by atoms with Crippen LogP contribution in [0.1, 0.15) is 13.8 Å². The molecule has 0 aromatic carbocycles. The first-order valence-electron chi connectivity index (χ1n) is 18.4. The molecule has 0 unspecified atom stereocenters. The normalized spacial score (nSPS) is 45.2. The van der Waals surface area contributed by atoms with Crippen LogP contribution >= 0.6 is 0 Å². The molecule has 4 rings (SSSR count). The second-order valence-corrected chi connectivity index (χ2v) is 14.5. The molecule has 0 aliphatic carbocycles. The van der Waals surface area contributed by atoms with Gasteiger partial charge in [0.15, 0.2) is 31.3 Å². The summed E-state index contributed by atoms with van der Waals surface area (Å²) < 4.78 is 45.2. The van der Waals surface area contributed by atoms with Crippen molar-refractivity contribution in [2.45, 2.75) is 161 Å². The van der Waals surface area contributed by atoms with Gasteiger partial charge in [-0.1, -0.05) is 0 Å². The SMILES string of the molecule is CC(=O)N[C@@H](CO)[C@@H](O[C@@H]1O[C@H](CO)[C@H](O)[C@H](O[C@@H]2O[C@H](CO)[C@H](O)[C@H](O[C@@H]3O[C@H](C(=O)O)[C@@H](O)[C@H](O)[C@H]3O)[C@H]2O)[C@H]1O[C@@H]1O[C@@H](C)[C@@H](O)[C@@H](O)[C@@H]1O)[C@@H](O)[C@H](O)CO. The van der Waals surface area contributed by atoms with Gasteiger partial charge >= 0.3 is 5.97 Å². The summed E-state index contributed by atoms with van der Waals surface area (Å²) in [6.07, 6.45) is -46.5. The highest BCUT2D eigenvalue weighted by atomic mass is 16.8. The van der Waals surface area contributed by atoms with Gasteiger partial charge in [-0.3, -0.25) is 4.79 Å². The number of nitrogens with one attached hydrogen (secondary N) is 1. The van der Waals surface area contributed by atoms with Crippen LogP contribution < -0.4 is 5.32 Å². The van der Waals surface area contributed by atoms with E-state index in [0.29, 0.717) is 0 Å². The lowest BCUT2D eigenvalue weighted by molar-refractivity contribution is -0.402. The molecule has 27 nitrogen and oxygen atoms in total. The fourth-order valence-electron chi connectivity index (χ4n) is 6.92. The molecular weight excluding hydrogens is 814 g/mol. The van der Waals surface area contributed by atoms with Crippen molar-refractivity contribution >= 4 is 11.9 Å². The number of aliphatic hydroxyl groups is 15. The van der Waals surface area contributed by atoms with E-state index in [9.17, 15) is 91.3 Å². The molecule has 0 saturated carbocycles. The standard InChI is InChI=1S/C32H55NO26/c1-7-13(40)17(44)20(47)29(52-7)59-27-25(16(43)12(6-37)54-32(27)55-23(14(41)10(39)4-35)9(3-34)33-8(2)38)57-31-22(49)24(15(42)11(5-36)53-31)56-30-21(48)18(45)19(46)26(58-30)28(50)51/h7,9-27,29-32,34-37,39-49H,3-6H2,1-2H3,(H,33,38)(H,50,51)/t7-,9-,10+,11+,12+,13+,14-,15-,16-,17+,18-,19-,20-,21+,22+,23+,24-,25-,26-,27+,29-,30+,31-,32-/m0/s1. The third-order valence-corrected chi connectivity index (χ3v) is 10.3. The molecule has 0 radical (unpaired) electrons. The van der Waals surface area contributed by atoms with E-state index in [0.717, 1.165) is 6.92 Å². The van der Waals surface area contributed by atoms with Crippen LogP contribution in [-0.4, -0.2) is 267 Å². The molecule has 0 spiro atoms. The molecule has 4 saturated heterocycles. The third kappa shape index (κ3) is 11.0. The second kappa shape index (κ2) is 21.4. The van der Waals surface area contributed by atoms with Gasteiger partial charge in [-0.25, -0.2) is 4.79 Å². The van der Waals surface area contributed by atoms with E-state index in [1.165, 1.54) is 6.92 Å². The number of amides is 1. The molecular formula is C32H55NO26. The predicted molar refractivity (Wildman–Crippen MR) is 179 cm³/mol. The molecule has 0 bridgehead atoms. The van der Waals surface area contributed by atoms with Gasteiger partial charge in [-0.05, 0) is 6.92 Å². The van der Waals surface area contributed by atoms with Gasteiger partial charge in [0.25, 0.3) is 0 Å². The maximum atomic E-state index is 12.0. The first-order chi connectivity index (χ1) is 27.7. The number of aliphatic hydroxyl groups excluding tert-OH is 15. The Morgan fingerprint density at radius 1 is 0.593 bits per heavy atom. The van der Waals surface area contributed by atoms with E-state index >= 15 is 0 Å². The predicted octanol–water partition coefficient (Wildman–Crippen LogP) is -11.0. The molecule has 1 amide bonds. The topological polar surface area (TPSA) is 444 Å². The number of carboxylic acid groups (broad SMARTS) is 1. The van der Waals surface area contributed by atoms with Gasteiger partial charge in [-0.15, -0.1) is 0 Å². The average molecular weight is 870 g/mol. The van der Waals surface area contributed by atoms with Crippen molar-refractivity contribution in [1.29, 1.82) is 0 Å². The van der Waals surface area contributed by atoms with Crippen molar-refractivity contribution in [1.82, 2.24) is 5.32 Å². The zero-order valence-corrected chi connectivity index (χ0v) is 31.4. The van der Waals surface area contributed by atoms with Crippen LogP contribution in [0.15, 0.2) is 0 Å². The Hall–Kier alpha value is -1.98. The van der Waals surface area contributed by atoms with Gasteiger partial charge < -0.3 is 125 Å². The molecule has 4 heterocycles. The highest BCUT2D eigenvalue weighted by molar-refractivity contribution is 5.73. The first kappa shape index (κ1) is 49.7. The van der Waals surface area contributed by atoms with E-state index in [1.807, 2.05) is 0 Å². The quantitative estimate of drug-likeness (QED) is 0.0645. The molecule has 4 aliphatic heterocycles. The molecule has 27 heteroatoms. The molecule has 344 valence electrons. The Balaban J connectivity index is 1.76. The number of carbonyl (C=O) groups excluding carboxylic acids is 1. The van der Waals surface area contributed by atoms with Gasteiger partial charge in [0, 0.05) is 6.92 Å². The van der Waals surface area contributed by atoms with Crippen LogP contribution in [0.5, 0.6) is 0 Å². The van der Waals surface area contributed by atoms with Crippen LogP contribution in [0.25, 0.3) is 0 Å². The maximum Gasteiger partial charge on any atom is 0.335 e. The number of carbonyl (C=O) groups is 2. The van der Waals surface area contributed by atoms with E-state index in [4.69, 9.17) is 37.9 Å². The van der Waals surface area contributed by atoms with Crippen LogP contribution in [0.3, 0.4) is 0 Å². The molecule has 0 aromatic heterocycles. The number of aliphatic carboxylic acids is 1. The Bertz CT molecular complexity index is 1340. The Labute approximate surface area is 334 Å². The van der Waals surface area contributed by atoms with Crippen LogP contribution in [0.4, 0.5) is 0 Å². The number of hydrogen-bond acceptors (Lipinski definition) is 25. The van der Waals surface area contributed by atoms with Crippen LogP contribution in [0, 0.1) is 0 Å². The van der Waals surface area contributed by atoms with E-state index in [-0.39, 0.29) is 0 Å². The molecule has 0 aromatic rings. The van der Waals surface area contributed by atoms with Crippen molar-refractivity contribution in [3.05, 3.63) is 0 Å². The fraction of sp³-hybridized carbons (Fsp3) is 0.938. The van der Waals surface area contributed by atoms with Crippen molar-refractivity contribution in [2.75, 3.05) is 26.4 Å². The van der Waals surface area contributed by atoms with E-state index in [2.05, 4.69) is 5.32 Å². The summed E-state index contributed by atoms with van der Waals surface area (Å²) in [6.45, 7) is -1.92. The number of rotatable bonds is 17. The van der Waals surface area contributed by atoms with Crippen LogP contribution in [-0.2, 0) is 47.5 Å². The Morgan fingerprint density at radius 2 is 1.08 bits per heavy atom. The average Bonchev–Trinajstić information content (AvgIpc) is 3.20. The van der Waals surface area contributed by atoms with E-state index in [1.54, 1.807) is 0 Å². The smallest absolute Gasteiger partial charge is 0.335 e. The number of hydrogen-bond donors (Lipinski definition) is 17. The lowest BCUT2D eigenvalue weighted by Crippen LogP contribution is -2.69. The van der Waals surface area contributed by atoms with Gasteiger partial charge in [-0.2, -0.15) is 0 Å². The lowest BCUT2D eigenvalue weighted by Gasteiger charge is -2.50. The maximum absolute atomic E-state index is 12.0.